The van der Waals surface area contributed by atoms with Crippen LogP contribution >= 0.6 is 0 Å². The number of benzene rings is 1. The normalized spacial score (nSPS) is 16.6. The summed E-state index contributed by atoms with van der Waals surface area (Å²) in [6.07, 6.45) is 7.71. The van der Waals surface area contributed by atoms with Crippen LogP contribution in [0.3, 0.4) is 0 Å². The summed E-state index contributed by atoms with van der Waals surface area (Å²) in [6.45, 7) is 6.20. The molecule has 1 saturated carbocycles. The molecular formula is C21H28N6O. The molecule has 2 aromatic heterocycles. The van der Waals surface area contributed by atoms with Gasteiger partial charge in [-0.15, -0.1) is 5.10 Å². The smallest absolute Gasteiger partial charge is 0.274 e. The number of hydrogen-bond acceptors (Lipinski definition) is 4. The highest BCUT2D eigenvalue weighted by molar-refractivity contribution is 5.92. The minimum Gasteiger partial charge on any atom is -0.340 e. The van der Waals surface area contributed by atoms with Crippen molar-refractivity contribution in [2.24, 2.45) is 5.92 Å². The van der Waals surface area contributed by atoms with Gasteiger partial charge >= 0.3 is 0 Å². The molecule has 0 radical (unpaired) electrons. The summed E-state index contributed by atoms with van der Waals surface area (Å²) in [5.41, 5.74) is 3.43. The third-order valence-electron chi connectivity index (χ3n) is 5.60. The maximum absolute atomic E-state index is 12.8. The van der Waals surface area contributed by atoms with Gasteiger partial charge in [-0.25, -0.2) is 9.67 Å². The van der Waals surface area contributed by atoms with Crippen LogP contribution < -0.4 is 5.32 Å². The fraction of sp³-hybridized carbons (Fsp3) is 0.524. The first-order chi connectivity index (χ1) is 13.5. The number of fused-ring (bicyclic) bond motifs is 1. The zero-order valence-corrected chi connectivity index (χ0v) is 16.8. The van der Waals surface area contributed by atoms with E-state index in [2.05, 4.69) is 52.4 Å². The van der Waals surface area contributed by atoms with Gasteiger partial charge in [0.1, 0.15) is 5.82 Å². The summed E-state index contributed by atoms with van der Waals surface area (Å²) in [7, 11) is 0. The predicted octanol–water partition coefficient (Wildman–Crippen LogP) is 4.10. The van der Waals surface area contributed by atoms with Crippen LogP contribution in [0.5, 0.6) is 0 Å². The van der Waals surface area contributed by atoms with E-state index in [0.29, 0.717) is 11.7 Å². The Balaban J connectivity index is 1.52. The van der Waals surface area contributed by atoms with E-state index in [1.54, 1.807) is 6.20 Å². The molecule has 7 nitrogen and oxygen atoms in total. The van der Waals surface area contributed by atoms with Crippen molar-refractivity contribution in [1.29, 1.82) is 0 Å². The maximum Gasteiger partial charge on any atom is 0.274 e. The average molecular weight is 380 g/mol. The van der Waals surface area contributed by atoms with E-state index < -0.39 is 0 Å². The number of hydrogen-bond donors (Lipinski definition) is 2. The summed E-state index contributed by atoms with van der Waals surface area (Å²) >= 11 is 0. The number of aryl methyl sites for hydroxylation is 1. The van der Waals surface area contributed by atoms with E-state index in [0.717, 1.165) is 29.7 Å². The van der Waals surface area contributed by atoms with Gasteiger partial charge < -0.3 is 10.3 Å². The lowest BCUT2D eigenvalue weighted by atomic mass is 9.96. The quantitative estimate of drug-likeness (QED) is 0.697. The fourth-order valence-electron chi connectivity index (χ4n) is 3.96. The molecule has 1 aromatic carbocycles. The van der Waals surface area contributed by atoms with Crippen molar-refractivity contribution in [3.8, 4) is 0 Å². The first-order valence-corrected chi connectivity index (χ1v) is 10.2. The summed E-state index contributed by atoms with van der Waals surface area (Å²) in [4.78, 5) is 20.9. The number of carbonyl (C=O) groups excluding carboxylic acids is 1. The van der Waals surface area contributed by atoms with Crippen molar-refractivity contribution in [3.05, 3.63) is 41.5 Å². The van der Waals surface area contributed by atoms with Gasteiger partial charge in [-0.3, -0.25) is 4.79 Å². The number of H-pyrrole nitrogens is 1. The van der Waals surface area contributed by atoms with Gasteiger partial charge in [-0.1, -0.05) is 44.4 Å². The van der Waals surface area contributed by atoms with E-state index in [1.807, 2.05) is 16.8 Å². The third-order valence-corrected chi connectivity index (χ3v) is 5.60. The van der Waals surface area contributed by atoms with Crippen LogP contribution in [0, 0.1) is 12.8 Å². The highest BCUT2D eigenvalue weighted by atomic mass is 16.2. The van der Waals surface area contributed by atoms with Crippen molar-refractivity contribution >= 4 is 16.9 Å². The Labute approximate surface area is 164 Å². The fourth-order valence-corrected chi connectivity index (χ4v) is 3.96. The van der Waals surface area contributed by atoms with E-state index in [-0.39, 0.29) is 17.9 Å². The second kappa shape index (κ2) is 7.73. The Kier molecular flexibility index (Phi) is 5.15. The molecule has 4 rings (SSSR count). The molecule has 28 heavy (non-hydrogen) atoms. The van der Waals surface area contributed by atoms with E-state index in [9.17, 15) is 4.79 Å². The molecule has 1 aliphatic rings. The van der Waals surface area contributed by atoms with Gasteiger partial charge in [0, 0.05) is 0 Å². The largest absolute Gasteiger partial charge is 0.340 e. The van der Waals surface area contributed by atoms with Crippen LogP contribution in [-0.4, -0.2) is 30.9 Å². The number of imidazole rings is 1. The molecule has 1 fully saturated rings. The minimum atomic E-state index is -0.222. The minimum absolute atomic E-state index is 0.180. The lowest BCUT2D eigenvalue weighted by Gasteiger charge is -2.21. The summed E-state index contributed by atoms with van der Waals surface area (Å²) in [5, 5.41) is 11.4. The molecule has 1 aliphatic carbocycles. The van der Waals surface area contributed by atoms with Crippen LogP contribution in [0.25, 0.3) is 11.0 Å². The van der Waals surface area contributed by atoms with Crippen LogP contribution in [0.4, 0.5) is 0 Å². The molecule has 7 heteroatoms. The molecule has 3 aromatic rings. The van der Waals surface area contributed by atoms with E-state index in [4.69, 9.17) is 0 Å². The number of rotatable bonds is 5. The number of aromatic nitrogens is 5. The van der Waals surface area contributed by atoms with Crippen molar-refractivity contribution in [2.75, 3.05) is 0 Å². The van der Waals surface area contributed by atoms with E-state index in [1.165, 1.54) is 24.8 Å². The summed E-state index contributed by atoms with van der Waals surface area (Å²) in [5.74, 6) is 0.736. The van der Waals surface area contributed by atoms with Crippen LogP contribution in [-0.2, 0) is 0 Å². The Morgan fingerprint density at radius 2 is 2.04 bits per heavy atom. The lowest BCUT2D eigenvalue weighted by Crippen LogP contribution is -2.32. The van der Waals surface area contributed by atoms with Gasteiger partial charge in [0.2, 0.25) is 0 Å². The number of nitrogens with one attached hydrogen (secondary N) is 2. The average Bonchev–Trinajstić information content (AvgIpc) is 3.33. The molecular weight excluding hydrogens is 352 g/mol. The summed E-state index contributed by atoms with van der Waals surface area (Å²) in [6, 6.07) is 6.25. The highest BCUT2D eigenvalue weighted by Crippen LogP contribution is 2.27. The Bertz CT molecular complexity index is 966. The SMILES string of the molecule is Cc1ccc2nc(C(NC(=O)c3cn(C4CCCCC4)nn3)C(C)C)[nH]c2c1. The number of aromatic amines is 1. The Morgan fingerprint density at radius 1 is 1.25 bits per heavy atom. The van der Waals surface area contributed by atoms with Crippen molar-refractivity contribution in [1.82, 2.24) is 30.3 Å². The van der Waals surface area contributed by atoms with Gasteiger partial charge in [0.25, 0.3) is 5.91 Å². The molecule has 1 atom stereocenters. The zero-order chi connectivity index (χ0) is 19.7. The lowest BCUT2D eigenvalue weighted by molar-refractivity contribution is 0.0918. The maximum atomic E-state index is 12.8. The predicted molar refractivity (Wildman–Crippen MR) is 108 cm³/mol. The van der Waals surface area contributed by atoms with Gasteiger partial charge in [-0.2, -0.15) is 0 Å². The van der Waals surface area contributed by atoms with Crippen LogP contribution in [0.15, 0.2) is 24.4 Å². The molecule has 0 aliphatic heterocycles. The molecule has 148 valence electrons. The van der Waals surface area contributed by atoms with E-state index >= 15 is 0 Å². The Hall–Kier alpha value is -2.70. The molecule has 0 saturated heterocycles. The highest BCUT2D eigenvalue weighted by Gasteiger charge is 2.25. The van der Waals surface area contributed by atoms with Gasteiger partial charge in [-0.05, 0) is 43.4 Å². The molecule has 0 spiro atoms. The number of amides is 1. The number of nitrogens with zero attached hydrogens (tertiary/aromatic N) is 4. The molecule has 0 bridgehead atoms. The first-order valence-electron chi connectivity index (χ1n) is 10.2. The molecule has 1 amide bonds. The standard InChI is InChI=1S/C21H28N6O/c1-13(2)19(20-22-16-10-9-14(3)11-17(16)23-20)24-21(28)18-12-27(26-25-18)15-7-5-4-6-8-15/h9-13,15,19H,4-8H2,1-3H3,(H,22,23)(H,24,28). The molecule has 1 unspecified atom stereocenters. The zero-order valence-electron chi connectivity index (χ0n) is 16.8. The van der Waals surface area contributed by atoms with Crippen molar-refractivity contribution in [2.45, 2.75) is 65.0 Å². The molecule has 2 N–H and O–H groups in total. The van der Waals surface area contributed by atoms with Crippen LogP contribution in [0.2, 0.25) is 0 Å². The topological polar surface area (TPSA) is 88.5 Å². The van der Waals surface area contributed by atoms with Gasteiger partial charge in [0.15, 0.2) is 5.69 Å². The van der Waals surface area contributed by atoms with Crippen molar-refractivity contribution < 1.29 is 4.79 Å². The second-order valence-electron chi connectivity index (χ2n) is 8.21. The monoisotopic (exact) mass is 380 g/mol. The van der Waals surface area contributed by atoms with Crippen molar-refractivity contribution in [3.63, 3.8) is 0 Å². The summed E-state index contributed by atoms with van der Waals surface area (Å²) < 4.78 is 1.86. The third kappa shape index (κ3) is 3.79. The van der Waals surface area contributed by atoms with Crippen LogP contribution in [0.1, 0.15) is 79.9 Å². The molecule has 2 heterocycles. The number of carbonyl (C=O) groups is 1. The Morgan fingerprint density at radius 3 is 2.79 bits per heavy atom. The first kappa shape index (κ1) is 18.7. The second-order valence-corrected chi connectivity index (χ2v) is 8.21. The van der Waals surface area contributed by atoms with Gasteiger partial charge in [0.05, 0.1) is 29.3 Å².